The lowest BCUT2D eigenvalue weighted by Gasteiger charge is -2.26. The van der Waals surface area contributed by atoms with Crippen LogP contribution >= 0.6 is 11.3 Å². The number of fused-ring (bicyclic) bond motifs is 4. The minimum absolute atomic E-state index is 0.449. The summed E-state index contributed by atoms with van der Waals surface area (Å²) in [6, 6.07) is 86.3. The number of anilines is 3. The number of benzene rings is 10. The van der Waals surface area contributed by atoms with E-state index in [1.54, 1.807) is 11.3 Å². The molecule has 0 saturated carbocycles. The lowest BCUT2D eigenvalue weighted by Crippen LogP contribution is -2.09. The molecular weight excluding hydrogens is 805 g/mol. The third-order valence-electron chi connectivity index (χ3n) is 12.5. The molecule has 0 aliphatic carbocycles. The minimum atomic E-state index is 0.449. The van der Waals surface area contributed by atoms with Crippen LogP contribution in [0.25, 0.3) is 92.5 Å². The fourth-order valence-corrected chi connectivity index (χ4v) is 10.2. The molecule has 0 spiro atoms. The first kappa shape index (κ1) is 36.3. The number of hydrogen-bond donors (Lipinski definition) is 0. The molecule has 0 N–H and O–H groups in total. The highest BCUT2D eigenvalue weighted by Crippen LogP contribution is 2.41. The maximum absolute atomic E-state index is 9.50. The normalized spacial score (nSPS) is 11.8. The maximum atomic E-state index is 9.50. The molecule has 2 aromatic heterocycles. The molecule has 0 bridgehead atoms. The summed E-state index contributed by atoms with van der Waals surface area (Å²) in [5, 5.41) is 4.32. The van der Waals surface area contributed by atoms with E-state index in [2.05, 4.69) is 228 Å². The van der Waals surface area contributed by atoms with Gasteiger partial charge in [0.05, 0.1) is 13.8 Å². The largest absolute Gasteiger partial charge is 0.310 e. The van der Waals surface area contributed by atoms with Crippen molar-refractivity contribution in [1.82, 2.24) is 4.57 Å². The molecule has 0 aliphatic heterocycles. The quantitative estimate of drug-likeness (QED) is 0.140. The van der Waals surface area contributed by atoms with E-state index in [1.807, 2.05) is 24.3 Å². The van der Waals surface area contributed by atoms with E-state index in [0.29, 0.717) is 12.1 Å². The first-order valence-corrected chi connectivity index (χ1v) is 22.8. The molecule has 12 rings (SSSR count). The fraction of sp³-hybridized carbons (Fsp3) is 0. The van der Waals surface area contributed by atoms with Crippen molar-refractivity contribution in [3.05, 3.63) is 255 Å². The van der Waals surface area contributed by atoms with Crippen LogP contribution in [0.3, 0.4) is 0 Å². The highest BCUT2D eigenvalue weighted by atomic mass is 32.1. The number of rotatable bonds is 9. The van der Waals surface area contributed by atoms with E-state index in [4.69, 9.17) is 1.37 Å². The van der Waals surface area contributed by atoms with Crippen molar-refractivity contribution in [3.8, 4) is 59.9 Å². The summed E-state index contributed by atoms with van der Waals surface area (Å²) in [7, 11) is 0. The number of hydrogen-bond acceptors (Lipinski definition) is 2. The molecular formula is C62H42N2S. The van der Waals surface area contributed by atoms with Crippen LogP contribution in [0, 0.1) is 0 Å². The van der Waals surface area contributed by atoms with Crippen LogP contribution in [0.5, 0.6) is 0 Å². The highest BCUT2D eigenvalue weighted by molar-refractivity contribution is 7.18. The maximum Gasteiger partial charge on any atom is 0.0630 e. The van der Waals surface area contributed by atoms with Crippen LogP contribution in [0.15, 0.2) is 255 Å². The van der Waals surface area contributed by atoms with Crippen molar-refractivity contribution in [1.29, 1.82) is 0 Å². The van der Waals surface area contributed by atoms with E-state index in [1.165, 1.54) is 37.6 Å². The summed E-state index contributed by atoms with van der Waals surface area (Å²) in [6.45, 7) is 0. The SMILES string of the molecule is [2H]c1ccc2c3cc(-c4ccc5cc(N(c6ccc(-c7ccccc7)cc6)c6ccc(-c7ccccc7)cc6)ccc5c4)c([2H])cc3n(-c3cccc(-c4ccc(-c5ccccc5)s4)c3)c2c1. The Labute approximate surface area is 386 Å². The van der Waals surface area contributed by atoms with E-state index < -0.39 is 0 Å². The standard InChI is InChI=1S/C62H42N2S/c1-4-13-43(14-5-1)45-25-31-53(32-26-45)63(54-33-27-46(28-34-54)44-15-6-2-7-16-44)56-35-29-49-39-48(23-24-50(49)40-56)51-30-36-60-58(42-51)57-21-10-11-22-59(57)64(60)55-20-12-19-52(41-55)62-38-37-61(65-62)47-17-8-3-9-18-47/h1-42H/i11D,30D. The van der Waals surface area contributed by atoms with Crippen LogP contribution in [0.1, 0.15) is 2.74 Å². The van der Waals surface area contributed by atoms with Gasteiger partial charge in [-0.15, -0.1) is 11.3 Å². The molecule has 65 heavy (non-hydrogen) atoms. The highest BCUT2D eigenvalue weighted by Gasteiger charge is 2.17. The van der Waals surface area contributed by atoms with Gasteiger partial charge in [0.1, 0.15) is 0 Å². The van der Waals surface area contributed by atoms with Gasteiger partial charge in [-0.25, -0.2) is 0 Å². The summed E-state index contributed by atoms with van der Waals surface area (Å²) < 4.78 is 20.4. The number of para-hydroxylation sites is 1. The number of thiophene rings is 1. The van der Waals surface area contributed by atoms with Gasteiger partial charge in [0.15, 0.2) is 0 Å². The summed E-state index contributed by atoms with van der Waals surface area (Å²) in [4.78, 5) is 4.74. The van der Waals surface area contributed by atoms with E-state index in [9.17, 15) is 1.37 Å². The van der Waals surface area contributed by atoms with Crippen molar-refractivity contribution in [2.24, 2.45) is 0 Å². The van der Waals surface area contributed by atoms with Crippen molar-refractivity contribution < 1.29 is 2.74 Å². The Hall–Kier alpha value is -8.24. The molecule has 2 nitrogen and oxygen atoms in total. The van der Waals surface area contributed by atoms with Crippen LogP contribution in [-0.2, 0) is 0 Å². The average molecular weight is 849 g/mol. The van der Waals surface area contributed by atoms with Gasteiger partial charge in [0, 0.05) is 43.3 Å². The minimum Gasteiger partial charge on any atom is -0.310 e. The third kappa shape index (κ3) is 7.28. The fourth-order valence-electron chi connectivity index (χ4n) is 9.20. The Balaban J connectivity index is 0.913. The summed E-state index contributed by atoms with van der Waals surface area (Å²) in [5.74, 6) is 0. The van der Waals surface area contributed by atoms with Gasteiger partial charge in [0.25, 0.3) is 0 Å². The molecule has 10 aromatic carbocycles. The predicted octanol–water partition coefficient (Wildman–Crippen LogP) is 17.8. The second kappa shape index (κ2) is 16.5. The molecule has 0 fully saturated rings. The average Bonchev–Trinajstić information content (AvgIpc) is 4.00. The second-order valence-electron chi connectivity index (χ2n) is 16.4. The Morgan fingerprint density at radius 2 is 0.877 bits per heavy atom. The van der Waals surface area contributed by atoms with Crippen molar-refractivity contribution in [2.45, 2.75) is 0 Å². The van der Waals surface area contributed by atoms with E-state index in [-0.39, 0.29) is 0 Å². The zero-order chi connectivity index (χ0) is 44.8. The molecule has 3 heteroatoms. The van der Waals surface area contributed by atoms with E-state index in [0.717, 1.165) is 72.0 Å². The monoisotopic (exact) mass is 848 g/mol. The van der Waals surface area contributed by atoms with Crippen molar-refractivity contribution in [2.75, 3.05) is 4.90 Å². The molecule has 0 saturated heterocycles. The molecule has 0 amide bonds. The Kier molecular flexibility index (Phi) is 9.19. The van der Waals surface area contributed by atoms with Gasteiger partial charge >= 0.3 is 0 Å². The lowest BCUT2D eigenvalue weighted by atomic mass is 9.99. The molecule has 0 unspecified atom stereocenters. The van der Waals surface area contributed by atoms with Crippen LogP contribution in [0.4, 0.5) is 17.1 Å². The molecule has 12 aromatic rings. The topological polar surface area (TPSA) is 8.17 Å². The van der Waals surface area contributed by atoms with Gasteiger partial charge in [-0.3, -0.25) is 0 Å². The lowest BCUT2D eigenvalue weighted by molar-refractivity contribution is 1.18. The van der Waals surface area contributed by atoms with Gasteiger partial charge in [-0.05, 0) is 140 Å². The van der Waals surface area contributed by atoms with Gasteiger partial charge in [-0.1, -0.05) is 170 Å². The van der Waals surface area contributed by atoms with Crippen molar-refractivity contribution in [3.63, 3.8) is 0 Å². The molecule has 0 atom stereocenters. The first-order chi connectivity index (χ1) is 33.0. The number of aromatic nitrogens is 1. The van der Waals surface area contributed by atoms with Gasteiger partial charge in [0.2, 0.25) is 0 Å². The van der Waals surface area contributed by atoms with E-state index >= 15 is 0 Å². The third-order valence-corrected chi connectivity index (χ3v) is 13.6. The molecule has 306 valence electrons. The molecule has 0 radical (unpaired) electrons. The zero-order valence-electron chi connectivity index (χ0n) is 37.4. The van der Waals surface area contributed by atoms with Crippen LogP contribution in [-0.4, -0.2) is 4.57 Å². The van der Waals surface area contributed by atoms with Crippen LogP contribution < -0.4 is 4.90 Å². The second-order valence-corrected chi connectivity index (χ2v) is 17.5. The summed E-state index contributed by atoms with van der Waals surface area (Å²) >= 11 is 1.78. The predicted molar refractivity (Wildman–Crippen MR) is 278 cm³/mol. The Bertz CT molecular complexity index is 3660. The summed E-state index contributed by atoms with van der Waals surface area (Å²) in [5.41, 5.74) is 15.0. The molecule has 0 aliphatic rings. The molecule has 2 heterocycles. The van der Waals surface area contributed by atoms with Gasteiger partial charge < -0.3 is 9.47 Å². The zero-order valence-corrected chi connectivity index (χ0v) is 36.2. The van der Waals surface area contributed by atoms with Crippen molar-refractivity contribution >= 4 is 61.0 Å². The number of nitrogens with zero attached hydrogens (tertiary/aromatic N) is 2. The van der Waals surface area contributed by atoms with Gasteiger partial charge in [-0.2, -0.15) is 0 Å². The summed E-state index contributed by atoms with van der Waals surface area (Å²) in [6.07, 6.45) is 0. The van der Waals surface area contributed by atoms with Crippen LogP contribution in [0.2, 0.25) is 0 Å². The first-order valence-electron chi connectivity index (χ1n) is 23.0. The smallest absolute Gasteiger partial charge is 0.0630 e. The Morgan fingerprint density at radius 1 is 0.338 bits per heavy atom. The Morgan fingerprint density at radius 3 is 1.55 bits per heavy atom.